The maximum Gasteiger partial charge on any atom is 0.194 e. The summed E-state index contributed by atoms with van der Waals surface area (Å²) in [4.78, 5) is 35.2. The van der Waals surface area contributed by atoms with E-state index in [0.29, 0.717) is 44.5 Å². The van der Waals surface area contributed by atoms with Crippen LogP contribution in [0, 0.1) is 59.2 Å². The van der Waals surface area contributed by atoms with Crippen molar-refractivity contribution in [3.8, 4) is 43.8 Å². The maximum atomic E-state index is 14.5. The Hall–Kier alpha value is -9.36. The smallest absolute Gasteiger partial charge is 0.194 e. The van der Waals surface area contributed by atoms with Gasteiger partial charge in [0.25, 0.3) is 0 Å². The van der Waals surface area contributed by atoms with Crippen molar-refractivity contribution in [2.24, 2.45) is 0 Å². The van der Waals surface area contributed by atoms with Gasteiger partial charge in [-0.3, -0.25) is 9.59 Å². The lowest BCUT2D eigenvalue weighted by Crippen LogP contribution is -2.29. The average Bonchev–Trinajstić information content (AvgIpc) is 1.57. The lowest BCUT2D eigenvalue weighted by atomic mass is 9.67. The Morgan fingerprint density at radius 1 is 0.439 bits per heavy atom. The normalized spacial score (nSPS) is 18.0. The number of Topliss-reactive ketones (excluding diaryl/α,β-unsaturated/α-hetero) is 2. The van der Waals surface area contributed by atoms with Crippen molar-refractivity contribution >= 4 is 89.6 Å². The van der Waals surface area contributed by atoms with E-state index in [1.165, 1.54) is 31.7 Å². The van der Waals surface area contributed by atoms with Gasteiger partial charge in [-0.15, -0.1) is 45.3 Å². The zero-order valence-electron chi connectivity index (χ0n) is 44.8. The van der Waals surface area contributed by atoms with Gasteiger partial charge in [0.05, 0.1) is 39.7 Å². The first-order chi connectivity index (χ1) is 40.0. The molecule has 10 aromatic rings. The Balaban J connectivity index is 1.09. The number of rotatable bonds is 8. The van der Waals surface area contributed by atoms with Gasteiger partial charge in [-0.2, -0.15) is 21.0 Å². The van der Waals surface area contributed by atoms with Gasteiger partial charge in [-0.1, -0.05) is 171 Å². The highest BCUT2D eigenvalue weighted by Crippen LogP contribution is 2.70. The molecule has 82 heavy (non-hydrogen) atoms. The largest absolute Gasteiger partial charge is 0.289 e. The number of nitrogens with zero attached hydrogens (tertiary/aromatic N) is 4. The number of thiophene rings is 4. The molecule has 0 spiro atoms. The number of nitriles is 4. The van der Waals surface area contributed by atoms with E-state index < -0.39 is 10.8 Å². The SMILES string of the molecule is CCc1ccc(C2(c3ccc(C)cc3)c3cc(/C=C4\C(=O)c5ccccc5C4=C(C#N)C#N)sc3-c3sc4c5c(sc4c32)-c2sc(/C=C3\C(=O)c4ccccc4C3=C(C#N)C#N)cc2[C@]5(c2ccc(C)cc2)c2ccc(CC)cc2)cc1. The van der Waals surface area contributed by atoms with Crippen LogP contribution in [-0.2, 0) is 23.7 Å². The molecule has 4 aliphatic carbocycles. The fourth-order valence-electron chi connectivity index (χ4n) is 13.2. The molecule has 0 aliphatic heterocycles. The molecular formula is C72H44N4O2S4. The fraction of sp³-hybridized carbons (Fsp3) is 0.111. The zero-order chi connectivity index (χ0) is 56.3. The van der Waals surface area contributed by atoms with Crippen molar-refractivity contribution in [3.63, 3.8) is 0 Å². The highest BCUT2D eigenvalue weighted by Gasteiger charge is 2.55. The van der Waals surface area contributed by atoms with Crippen LogP contribution in [-0.4, -0.2) is 11.6 Å². The number of ketones is 2. The molecule has 0 N–H and O–H groups in total. The van der Waals surface area contributed by atoms with E-state index >= 15 is 0 Å². The number of hydrogen-bond donors (Lipinski definition) is 0. The number of carbonyl (C=O) groups is 2. The number of benzene rings is 6. The number of carbonyl (C=O) groups excluding carboxylic acids is 2. The van der Waals surface area contributed by atoms with Crippen LogP contribution in [0.4, 0.5) is 0 Å². The number of fused-ring (bicyclic) bond motifs is 11. The summed E-state index contributed by atoms with van der Waals surface area (Å²) in [5, 5.41) is 41.2. The van der Waals surface area contributed by atoms with E-state index in [1.54, 1.807) is 34.8 Å². The molecule has 4 aliphatic rings. The molecule has 0 amide bonds. The summed E-state index contributed by atoms with van der Waals surface area (Å²) in [6, 6.07) is 63.3. The van der Waals surface area contributed by atoms with E-state index in [9.17, 15) is 30.6 Å². The lowest BCUT2D eigenvalue weighted by Gasteiger charge is -2.34. The minimum Gasteiger partial charge on any atom is -0.289 e. The van der Waals surface area contributed by atoms with Crippen LogP contribution >= 0.6 is 45.3 Å². The van der Waals surface area contributed by atoms with E-state index in [1.807, 2.05) is 71.2 Å². The van der Waals surface area contributed by atoms with E-state index in [4.69, 9.17) is 0 Å². The van der Waals surface area contributed by atoms with Gasteiger partial charge in [0.2, 0.25) is 0 Å². The monoisotopic (exact) mass is 1120 g/mol. The summed E-state index contributed by atoms with van der Waals surface area (Å²) >= 11 is 6.95. The van der Waals surface area contributed by atoms with Crippen LogP contribution in [0.15, 0.2) is 180 Å². The van der Waals surface area contributed by atoms with Crippen molar-refractivity contribution in [1.82, 2.24) is 0 Å². The summed E-state index contributed by atoms with van der Waals surface area (Å²) in [6.07, 6.45) is 5.55. The Morgan fingerprint density at radius 2 is 0.768 bits per heavy atom. The van der Waals surface area contributed by atoms with Crippen LogP contribution in [0.2, 0.25) is 0 Å². The third-order valence-electron chi connectivity index (χ3n) is 17.0. The van der Waals surface area contributed by atoms with Gasteiger partial charge in [0, 0.05) is 54.3 Å². The second-order valence-electron chi connectivity index (χ2n) is 21.2. The van der Waals surface area contributed by atoms with Crippen LogP contribution < -0.4 is 0 Å². The molecule has 0 saturated heterocycles. The molecule has 6 aromatic carbocycles. The molecule has 0 saturated carbocycles. The molecule has 1 unspecified atom stereocenters. The van der Waals surface area contributed by atoms with Crippen LogP contribution in [0.25, 0.3) is 52.2 Å². The topological polar surface area (TPSA) is 129 Å². The molecule has 388 valence electrons. The van der Waals surface area contributed by atoms with E-state index in [2.05, 4.69) is 161 Å². The second-order valence-corrected chi connectivity index (χ2v) is 25.4. The second kappa shape index (κ2) is 19.1. The van der Waals surface area contributed by atoms with Crippen molar-refractivity contribution in [2.45, 2.75) is 51.4 Å². The third-order valence-corrected chi connectivity index (χ3v) is 22.0. The summed E-state index contributed by atoms with van der Waals surface area (Å²) < 4.78 is 2.38. The lowest BCUT2D eigenvalue weighted by molar-refractivity contribution is 0.103. The van der Waals surface area contributed by atoms with Gasteiger partial charge in [-0.25, -0.2) is 0 Å². The number of hydrogen-bond acceptors (Lipinski definition) is 10. The predicted molar refractivity (Wildman–Crippen MR) is 332 cm³/mol. The molecule has 4 aromatic heterocycles. The minimum absolute atomic E-state index is 0.0988. The molecule has 2 atom stereocenters. The standard InChI is InChI=1S/C72H44N4O2S4/c1-5-41-19-27-47(28-20-41)71(45-23-15-39(3)16-24-45)57-33-49(31-55-59(43(35-73)36-74)51-11-7-9-13-53(51)63(55)77)79-65(57)67-61(71)69-70(81-67)62-68(82-69)66-58(72(62,46-25-17-40(4)18-26-46)48-29-21-42(6-2)22-30-48)34-50(80-66)32-56-60(44(37-75)38-76)52-12-8-10-14-54(52)64(56)78/h7-34H,5-6H2,1-4H3/b55-31-,56-32-/t71-,72?/m0/s1. The molecule has 0 radical (unpaired) electrons. The van der Waals surface area contributed by atoms with E-state index in [-0.39, 0.29) is 22.7 Å². The first-order valence-electron chi connectivity index (χ1n) is 27.1. The molecule has 0 fully saturated rings. The molecule has 14 rings (SSSR count). The molecule has 10 heteroatoms. The van der Waals surface area contributed by atoms with Crippen molar-refractivity contribution in [3.05, 3.63) is 279 Å². The average molecular weight is 1130 g/mol. The Labute approximate surface area is 490 Å². The van der Waals surface area contributed by atoms with Crippen molar-refractivity contribution in [2.75, 3.05) is 0 Å². The summed E-state index contributed by atoms with van der Waals surface area (Å²) in [5.74, 6) is -0.431. The molecular weight excluding hydrogens is 1080 g/mol. The Bertz CT molecular complexity index is 4450. The maximum absolute atomic E-state index is 14.5. The molecule has 4 heterocycles. The van der Waals surface area contributed by atoms with Crippen LogP contribution in [0.1, 0.15) is 122 Å². The summed E-state index contributed by atoms with van der Waals surface area (Å²) in [7, 11) is 0. The first-order valence-corrected chi connectivity index (χ1v) is 30.3. The quantitative estimate of drug-likeness (QED) is 0.110. The third kappa shape index (κ3) is 7.04. The Kier molecular flexibility index (Phi) is 11.9. The fourth-order valence-corrected chi connectivity index (χ4v) is 18.9. The first kappa shape index (κ1) is 50.8. The van der Waals surface area contributed by atoms with E-state index in [0.717, 1.165) is 86.6 Å². The van der Waals surface area contributed by atoms with Crippen molar-refractivity contribution < 1.29 is 9.59 Å². The van der Waals surface area contributed by atoms with Crippen LogP contribution in [0.3, 0.4) is 0 Å². The Morgan fingerprint density at radius 3 is 1.10 bits per heavy atom. The zero-order valence-corrected chi connectivity index (χ0v) is 48.1. The summed E-state index contributed by atoms with van der Waals surface area (Å²) in [6.45, 7) is 8.58. The summed E-state index contributed by atoms with van der Waals surface area (Å²) in [5.41, 5.74) is 15.5. The number of aryl methyl sites for hydroxylation is 4. The predicted octanol–water partition coefficient (Wildman–Crippen LogP) is 17.7. The van der Waals surface area contributed by atoms with Crippen LogP contribution in [0.5, 0.6) is 0 Å². The van der Waals surface area contributed by atoms with Crippen molar-refractivity contribution in [1.29, 1.82) is 21.0 Å². The van der Waals surface area contributed by atoms with Gasteiger partial charge in [-0.05, 0) is 107 Å². The van der Waals surface area contributed by atoms with Gasteiger partial charge in [0.15, 0.2) is 11.6 Å². The minimum atomic E-state index is -0.830. The van der Waals surface area contributed by atoms with Gasteiger partial charge < -0.3 is 0 Å². The molecule has 6 nitrogen and oxygen atoms in total. The number of allylic oxidation sites excluding steroid dienone is 6. The molecule has 0 bridgehead atoms. The van der Waals surface area contributed by atoms with Gasteiger partial charge >= 0.3 is 0 Å². The highest BCUT2D eigenvalue weighted by molar-refractivity contribution is 7.34. The highest BCUT2D eigenvalue weighted by atomic mass is 32.1. The van der Waals surface area contributed by atoms with Gasteiger partial charge in [0.1, 0.15) is 35.4 Å².